The number of hydrogen-bond donors (Lipinski definition) is 4. The molecule has 2 rings (SSSR count). The molecule has 4 N–H and O–H groups in total. The largest absolute Gasteiger partial charge is 0.507 e. The van der Waals surface area contributed by atoms with Crippen LogP contribution in [0.2, 0.25) is 0 Å². The summed E-state index contributed by atoms with van der Waals surface area (Å²) < 4.78 is 0. The molecule has 1 aliphatic rings. The summed E-state index contributed by atoms with van der Waals surface area (Å²) in [5, 5.41) is 32.6. The predicted molar refractivity (Wildman–Crippen MR) is 85.5 cm³/mol. The first kappa shape index (κ1) is 16.4. The molecule has 0 bridgehead atoms. The number of aliphatic hydroxyl groups excluding tert-OH is 1. The third-order valence-corrected chi connectivity index (χ3v) is 4.24. The van der Waals surface area contributed by atoms with Gasteiger partial charge in [-0.05, 0) is 45.2 Å². The number of fused-ring (bicyclic) bond motifs is 1. The first-order valence-corrected chi connectivity index (χ1v) is 7.42. The number of anilines is 1. The van der Waals surface area contributed by atoms with Gasteiger partial charge in [0.1, 0.15) is 11.3 Å². The minimum absolute atomic E-state index is 0.138. The Morgan fingerprint density at radius 3 is 2.73 bits per heavy atom. The standard InChI is InChI=1S/C17H23NO4/c1-10(2)5-4-6-17(3)15(20)8-11-7-12(16(21)22)14(19)9-13(11)18-17/h5,7,9,15,18-20H,4,6,8H2,1-3H3,(H,21,22). The van der Waals surface area contributed by atoms with Crippen molar-refractivity contribution in [2.24, 2.45) is 0 Å². The van der Waals surface area contributed by atoms with Gasteiger partial charge in [0, 0.05) is 18.2 Å². The van der Waals surface area contributed by atoms with Crippen molar-refractivity contribution in [2.45, 2.75) is 51.7 Å². The molecule has 5 heteroatoms. The molecule has 0 aliphatic carbocycles. The van der Waals surface area contributed by atoms with Crippen LogP contribution in [0.15, 0.2) is 23.8 Å². The number of phenols is 1. The van der Waals surface area contributed by atoms with Crippen molar-refractivity contribution >= 4 is 11.7 Å². The van der Waals surface area contributed by atoms with E-state index in [0.717, 1.165) is 12.8 Å². The molecular formula is C17H23NO4. The predicted octanol–water partition coefficient (Wildman–Crippen LogP) is 2.92. The van der Waals surface area contributed by atoms with Crippen LogP contribution in [0.25, 0.3) is 0 Å². The lowest BCUT2D eigenvalue weighted by atomic mass is 9.81. The number of carboxylic acid groups (broad SMARTS) is 1. The van der Waals surface area contributed by atoms with Gasteiger partial charge in [-0.2, -0.15) is 0 Å². The summed E-state index contributed by atoms with van der Waals surface area (Å²) in [6.07, 6.45) is 3.48. The first-order valence-electron chi connectivity index (χ1n) is 7.42. The zero-order valence-corrected chi connectivity index (χ0v) is 13.2. The van der Waals surface area contributed by atoms with Gasteiger partial charge >= 0.3 is 5.97 Å². The fraction of sp³-hybridized carbons (Fsp3) is 0.471. The molecule has 120 valence electrons. The smallest absolute Gasteiger partial charge is 0.339 e. The Balaban J connectivity index is 2.27. The van der Waals surface area contributed by atoms with E-state index < -0.39 is 17.6 Å². The van der Waals surface area contributed by atoms with Gasteiger partial charge in [0.05, 0.1) is 11.6 Å². The number of carbonyl (C=O) groups is 1. The van der Waals surface area contributed by atoms with Crippen LogP contribution in [-0.2, 0) is 6.42 Å². The number of nitrogens with one attached hydrogen (secondary N) is 1. The van der Waals surface area contributed by atoms with Gasteiger partial charge in [-0.25, -0.2) is 4.79 Å². The molecule has 0 radical (unpaired) electrons. The molecule has 22 heavy (non-hydrogen) atoms. The van der Waals surface area contributed by atoms with E-state index in [1.54, 1.807) is 0 Å². The highest BCUT2D eigenvalue weighted by Gasteiger charge is 2.37. The molecule has 0 amide bonds. The zero-order valence-electron chi connectivity index (χ0n) is 13.2. The molecule has 2 unspecified atom stereocenters. The molecule has 1 aromatic rings. The minimum Gasteiger partial charge on any atom is -0.507 e. The Bertz CT molecular complexity index is 619. The summed E-state index contributed by atoms with van der Waals surface area (Å²) in [6.45, 7) is 6.02. The summed E-state index contributed by atoms with van der Waals surface area (Å²) in [6, 6.07) is 2.86. The third kappa shape index (κ3) is 3.25. The van der Waals surface area contributed by atoms with Crippen molar-refractivity contribution in [2.75, 3.05) is 5.32 Å². The average molecular weight is 305 g/mol. The van der Waals surface area contributed by atoms with Crippen LogP contribution in [-0.4, -0.2) is 32.9 Å². The molecule has 0 spiro atoms. The molecule has 1 heterocycles. The van der Waals surface area contributed by atoms with E-state index in [2.05, 4.69) is 11.4 Å². The fourth-order valence-corrected chi connectivity index (χ4v) is 2.80. The maximum absolute atomic E-state index is 11.1. The molecular weight excluding hydrogens is 282 g/mol. The van der Waals surface area contributed by atoms with E-state index in [9.17, 15) is 15.0 Å². The Labute approximate surface area is 130 Å². The second-order valence-corrected chi connectivity index (χ2v) is 6.41. The van der Waals surface area contributed by atoms with Gasteiger partial charge in [0.25, 0.3) is 0 Å². The number of aromatic carboxylic acids is 1. The zero-order chi connectivity index (χ0) is 16.5. The van der Waals surface area contributed by atoms with Gasteiger partial charge in [-0.1, -0.05) is 11.6 Å². The number of hydrogen-bond acceptors (Lipinski definition) is 4. The normalized spacial score (nSPS) is 23.4. The van der Waals surface area contributed by atoms with Crippen LogP contribution in [0.3, 0.4) is 0 Å². The van der Waals surface area contributed by atoms with E-state index >= 15 is 0 Å². The number of carboxylic acids is 1. The van der Waals surface area contributed by atoms with E-state index in [1.165, 1.54) is 17.7 Å². The van der Waals surface area contributed by atoms with Crippen molar-refractivity contribution in [1.82, 2.24) is 0 Å². The molecule has 1 aromatic carbocycles. The van der Waals surface area contributed by atoms with Gasteiger partial charge < -0.3 is 20.6 Å². The minimum atomic E-state index is -1.17. The molecule has 0 saturated carbocycles. The maximum atomic E-state index is 11.1. The maximum Gasteiger partial charge on any atom is 0.339 e. The van der Waals surface area contributed by atoms with Crippen LogP contribution in [0, 0.1) is 0 Å². The number of aliphatic hydroxyl groups is 1. The number of benzene rings is 1. The summed E-state index contributed by atoms with van der Waals surface area (Å²) in [4.78, 5) is 11.1. The van der Waals surface area contributed by atoms with E-state index in [1.807, 2.05) is 20.8 Å². The van der Waals surface area contributed by atoms with Gasteiger partial charge in [-0.3, -0.25) is 0 Å². The molecule has 0 fully saturated rings. The molecule has 0 saturated heterocycles. The van der Waals surface area contributed by atoms with E-state index in [4.69, 9.17) is 5.11 Å². The van der Waals surface area contributed by atoms with Crippen molar-refractivity contribution < 1.29 is 20.1 Å². The lowest BCUT2D eigenvalue weighted by Crippen LogP contribution is -2.50. The third-order valence-electron chi connectivity index (χ3n) is 4.24. The number of allylic oxidation sites excluding steroid dienone is 2. The second kappa shape index (κ2) is 6.01. The van der Waals surface area contributed by atoms with Crippen molar-refractivity contribution in [1.29, 1.82) is 0 Å². The summed E-state index contributed by atoms with van der Waals surface area (Å²) in [7, 11) is 0. The van der Waals surface area contributed by atoms with E-state index in [0.29, 0.717) is 17.7 Å². The summed E-state index contributed by atoms with van der Waals surface area (Å²) in [5.41, 5.74) is 1.99. The van der Waals surface area contributed by atoms with Gasteiger partial charge in [0.15, 0.2) is 0 Å². The second-order valence-electron chi connectivity index (χ2n) is 6.41. The monoisotopic (exact) mass is 305 g/mol. The average Bonchev–Trinajstić information content (AvgIpc) is 2.39. The van der Waals surface area contributed by atoms with Crippen LogP contribution >= 0.6 is 0 Å². The Morgan fingerprint density at radius 1 is 1.45 bits per heavy atom. The molecule has 1 aliphatic heterocycles. The van der Waals surface area contributed by atoms with Crippen LogP contribution < -0.4 is 5.32 Å². The lowest BCUT2D eigenvalue weighted by Gasteiger charge is -2.41. The first-order chi connectivity index (χ1) is 10.2. The highest BCUT2D eigenvalue weighted by atomic mass is 16.4. The lowest BCUT2D eigenvalue weighted by molar-refractivity contribution is 0.0692. The van der Waals surface area contributed by atoms with Crippen molar-refractivity contribution in [3.05, 3.63) is 34.9 Å². The Kier molecular flexibility index (Phi) is 4.47. The topological polar surface area (TPSA) is 89.8 Å². The van der Waals surface area contributed by atoms with Crippen molar-refractivity contribution in [3.63, 3.8) is 0 Å². The van der Waals surface area contributed by atoms with Crippen LogP contribution in [0.5, 0.6) is 5.75 Å². The summed E-state index contributed by atoms with van der Waals surface area (Å²) in [5.74, 6) is -1.44. The van der Waals surface area contributed by atoms with E-state index in [-0.39, 0.29) is 11.3 Å². The molecule has 5 nitrogen and oxygen atoms in total. The van der Waals surface area contributed by atoms with Crippen LogP contribution in [0.1, 0.15) is 49.5 Å². The van der Waals surface area contributed by atoms with Crippen molar-refractivity contribution in [3.8, 4) is 5.75 Å². The Hall–Kier alpha value is -2.01. The van der Waals surface area contributed by atoms with Gasteiger partial charge in [-0.15, -0.1) is 0 Å². The van der Waals surface area contributed by atoms with Crippen LogP contribution in [0.4, 0.5) is 5.69 Å². The quantitative estimate of drug-likeness (QED) is 0.642. The van der Waals surface area contributed by atoms with Gasteiger partial charge in [0.2, 0.25) is 0 Å². The molecule has 0 aromatic heterocycles. The molecule has 2 atom stereocenters. The Morgan fingerprint density at radius 2 is 2.14 bits per heavy atom. The number of aromatic hydroxyl groups is 1. The summed E-state index contributed by atoms with van der Waals surface area (Å²) >= 11 is 0. The highest BCUT2D eigenvalue weighted by Crippen LogP contribution is 2.37. The SMILES string of the molecule is CC(C)=CCCC1(C)Nc2cc(O)c(C(=O)O)cc2CC1O. The number of rotatable bonds is 4. The fourth-order valence-electron chi connectivity index (χ4n) is 2.80. The highest BCUT2D eigenvalue weighted by molar-refractivity contribution is 5.92.